The highest BCUT2D eigenvalue weighted by Crippen LogP contribution is 2.27. The molecule has 1 unspecified atom stereocenters. The van der Waals surface area contributed by atoms with Crippen molar-refractivity contribution in [2.45, 2.75) is 23.6 Å². The van der Waals surface area contributed by atoms with Gasteiger partial charge in [0, 0.05) is 21.1 Å². The molecule has 0 saturated carbocycles. The van der Waals surface area contributed by atoms with Crippen molar-refractivity contribution in [2.24, 2.45) is 0 Å². The van der Waals surface area contributed by atoms with Crippen molar-refractivity contribution in [1.29, 1.82) is 0 Å². The minimum absolute atomic E-state index is 0.150. The molecule has 0 amide bonds. The molecule has 1 nitrogen and oxygen atoms in total. The molecule has 2 aromatic rings. The number of benzene rings is 2. The van der Waals surface area contributed by atoms with Gasteiger partial charge in [0.25, 0.3) is 5.76 Å². The molecule has 2 aromatic carbocycles. The molecule has 1 N–H and O–H groups in total. The lowest BCUT2D eigenvalue weighted by Gasteiger charge is -2.16. The third-order valence-electron chi connectivity index (χ3n) is 2.83. The Hall–Kier alpha value is -1.07. The summed E-state index contributed by atoms with van der Waals surface area (Å²) in [5.41, 5.74) is 2.08. The molecule has 106 valence electrons. The first kappa shape index (κ1) is 15.3. The normalized spacial score (nSPS) is 12.4. The molecule has 0 fully saturated rings. The van der Waals surface area contributed by atoms with Crippen molar-refractivity contribution in [2.75, 3.05) is 5.32 Å². The molecule has 0 bridgehead atoms. The fourth-order valence-corrected chi connectivity index (χ4v) is 2.58. The smallest absolute Gasteiger partial charge is 0.288 e. The fraction of sp³-hybridized carbons (Fsp3) is 0.200. The van der Waals surface area contributed by atoms with Crippen LogP contribution in [-0.4, -0.2) is 5.76 Å². The lowest BCUT2D eigenvalue weighted by molar-refractivity contribution is 0.252. The highest BCUT2D eigenvalue weighted by atomic mass is 79.9. The van der Waals surface area contributed by atoms with E-state index in [1.807, 2.05) is 36.4 Å². The summed E-state index contributed by atoms with van der Waals surface area (Å²) in [4.78, 5) is 0.571. The van der Waals surface area contributed by atoms with Crippen molar-refractivity contribution in [1.82, 2.24) is 0 Å². The molecule has 0 spiro atoms. The quantitative estimate of drug-likeness (QED) is 0.664. The molecule has 1 atom stereocenters. The number of alkyl halides is 2. The molecular formula is C15H14BrF2NS. The minimum atomic E-state index is -2.38. The highest BCUT2D eigenvalue weighted by Gasteiger charge is 2.07. The SMILES string of the molecule is CC(Nc1ccc(SC(F)F)cc1)c1ccc(Br)cc1. The maximum absolute atomic E-state index is 12.2. The van der Waals surface area contributed by atoms with Gasteiger partial charge in [0.05, 0.1) is 0 Å². The van der Waals surface area contributed by atoms with Crippen LogP contribution in [-0.2, 0) is 0 Å². The standard InChI is InChI=1S/C15H14BrF2NS/c1-10(11-2-4-12(16)5-3-11)19-13-6-8-14(9-7-13)20-15(17)18/h2-10,15,19H,1H3. The van der Waals surface area contributed by atoms with Gasteiger partial charge in [-0.1, -0.05) is 39.8 Å². The van der Waals surface area contributed by atoms with E-state index in [1.165, 1.54) is 5.56 Å². The number of hydrogen-bond acceptors (Lipinski definition) is 2. The van der Waals surface area contributed by atoms with Crippen LogP contribution in [0, 0.1) is 0 Å². The topological polar surface area (TPSA) is 12.0 Å². The van der Waals surface area contributed by atoms with Gasteiger partial charge in [0.1, 0.15) is 0 Å². The van der Waals surface area contributed by atoms with Crippen LogP contribution >= 0.6 is 27.7 Å². The molecule has 0 aliphatic carbocycles. The van der Waals surface area contributed by atoms with E-state index < -0.39 is 5.76 Å². The second-order valence-electron chi connectivity index (χ2n) is 4.32. The van der Waals surface area contributed by atoms with Crippen molar-refractivity contribution in [3.63, 3.8) is 0 Å². The Morgan fingerprint density at radius 2 is 1.60 bits per heavy atom. The fourth-order valence-electron chi connectivity index (χ4n) is 1.82. The summed E-state index contributed by atoms with van der Waals surface area (Å²) >= 11 is 3.96. The molecule has 0 aliphatic rings. The predicted octanol–water partition coefficient (Wildman–Crippen LogP) is 5.94. The molecule has 0 heterocycles. The Kier molecular flexibility index (Phi) is 5.43. The van der Waals surface area contributed by atoms with Gasteiger partial charge < -0.3 is 5.32 Å². The van der Waals surface area contributed by atoms with Crippen molar-refractivity contribution in [3.8, 4) is 0 Å². The Bertz CT molecular complexity index is 543. The third-order valence-corrected chi connectivity index (χ3v) is 4.08. The van der Waals surface area contributed by atoms with Gasteiger partial charge in [-0.05, 0) is 48.9 Å². The van der Waals surface area contributed by atoms with Crippen LogP contribution in [0.4, 0.5) is 14.5 Å². The first-order valence-corrected chi connectivity index (χ1v) is 7.79. The van der Waals surface area contributed by atoms with Crippen molar-refractivity contribution >= 4 is 33.4 Å². The maximum atomic E-state index is 12.2. The van der Waals surface area contributed by atoms with Crippen LogP contribution in [0.5, 0.6) is 0 Å². The van der Waals surface area contributed by atoms with Gasteiger partial charge in [-0.25, -0.2) is 0 Å². The van der Waals surface area contributed by atoms with Gasteiger partial charge >= 0.3 is 0 Å². The van der Waals surface area contributed by atoms with E-state index in [9.17, 15) is 8.78 Å². The summed E-state index contributed by atoms with van der Waals surface area (Å²) in [6.45, 7) is 2.06. The van der Waals surface area contributed by atoms with Gasteiger partial charge in [-0.15, -0.1) is 0 Å². The number of halogens is 3. The number of anilines is 1. The molecule has 0 aromatic heterocycles. The van der Waals surface area contributed by atoms with Gasteiger partial charge in [-0.2, -0.15) is 8.78 Å². The van der Waals surface area contributed by atoms with E-state index in [2.05, 4.69) is 28.2 Å². The number of nitrogens with one attached hydrogen (secondary N) is 1. The summed E-state index contributed by atoms with van der Waals surface area (Å²) in [6.07, 6.45) is 0. The second-order valence-corrected chi connectivity index (χ2v) is 6.30. The van der Waals surface area contributed by atoms with E-state index in [-0.39, 0.29) is 6.04 Å². The van der Waals surface area contributed by atoms with E-state index in [0.717, 1.165) is 10.2 Å². The van der Waals surface area contributed by atoms with E-state index in [0.29, 0.717) is 16.7 Å². The predicted molar refractivity (Wildman–Crippen MR) is 84.5 cm³/mol. The van der Waals surface area contributed by atoms with Crippen LogP contribution in [0.15, 0.2) is 57.9 Å². The Morgan fingerprint density at radius 1 is 1.00 bits per heavy atom. The zero-order valence-electron chi connectivity index (χ0n) is 10.8. The Labute approximate surface area is 129 Å². The first-order valence-electron chi connectivity index (χ1n) is 6.11. The largest absolute Gasteiger partial charge is 0.379 e. The zero-order chi connectivity index (χ0) is 14.5. The number of rotatable bonds is 5. The molecular weight excluding hydrogens is 344 g/mol. The highest BCUT2D eigenvalue weighted by molar-refractivity contribution is 9.10. The van der Waals surface area contributed by atoms with E-state index in [4.69, 9.17) is 0 Å². The molecule has 0 saturated heterocycles. The lowest BCUT2D eigenvalue weighted by Crippen LogP contribution is -2.06. The molecule has 2 rings (SSSR count). The average molecular weight is 358 g/mol. The van der Waals surface area contributed by atoms with Crippen molar-refractivity contribution < 1.29 is 8.78 Å². The van der Waals surface area contributed by atoms with Gasteiger partial charge in [0.15, 0.2) is 0 Å². The van der Waals surface area contributed by atoms with Gasteiger partial charge in [-0.3, -0.25) is 0 Å². The second kappa shape index (κ2) is 7.09. The summed E-state index contributed by atoms with van der Waals surface area (Å²) in [5.74, 6) is -2.38. The summed E-state index contributed by atoms with van der Waals surface area (Å²) in [6, 6.07) is 15.3. The molecule has 20 heavy (non-hydrogen) atoms. The Balaban J connectivity index is 2.00. The van der Waals surface area contributed by atoms with Crippen LogP contribution in [0.2, 0.25) is 0 Å². The average Bonchev–Trinajstić information content (AvgIpc) is 2.41. The summed E-state index contributed by atoms with van der Waals surface area (Å²) in [7, 11) is 0. The minimum Gasteiger partial charge on any atom is -0.379 e. The number of thioether (sulfide) groups is 1. The monoisotopic (exact) mass is 357 g/mol. The van der Waals surface area contributed by atoms with Crippen LogP contribution in [0.25, 0.3) is 0 Å². The molecule has 5 heteroatoms. The summed E-state index contributed by atoms with van der Waals surface area (Å²) < 4.78 is 25.5. The Morgan fingerprint density at radius 3 is 2.15 bits per heavy atom. The van der Waals surface area contributed by atoms with Crippen LogP contribution in [0.1, 0.15) is 18.5 Å². The lowest BCUT2D eigenvalue weighted by atomic mass is 10.1. The molecule has 0 aliphatic heterocycles. The van der Waals surface area contributed by atoms with Crippen LogP contribution < -0.4 is 5.32 Å². The summed E-state index contributed by atoms with van der Waals surface area (Å²) in [5, 5.41) is 3.35. The number of hydrogen-bond donors (Lipinski definition) is 1. The maximum Gasteiger partial charge on any atom is 0.288 e. The zero-order valence-corrected chi connectivity index (χ0v) is 13.2. The third kappa shape index (κ3) is 4.49. The first-order chi connectivity index (χ1) is 9.54. The molecule has 0 radical (unpaired) electrons. The van der Waals surface area contributed by atoms with E-state index >= 15 is 0 Å². The van der Waals surface area contributed by atoms with E-state index in [1.54, 1.807) is 12.1 Å². The van der Waals surface area contributed by atoms with Crippen molar-refractivity contribution in [3.05, 3.63) is 58.6 Å². The van der Waals surface area contributed by atoms with Gasteiger partial charge in [0.2, 0.25) is 0 Å². The van der Waals surface area contributed by atoms with Crippen LogP contribution in [0.3, 0.4) is 0 Å².